The van der Waals surface area contributed by atoms with Crippen molar-refractivity contribution in [1.82, 2.24) is 4.98 Å². The summed E-state index contributed by atoms with van der Waals surface area (Å²) in [6.45, 7) is 5.37. The van der Waals surface area contributed by atoms with Crippen molar-refractivity contribution in [2.45, 2.75) is 46.0 Å². The minimum absolute atomic E-state index is 0.756. The molecule has 2 rings (SSSR count). The number of nitrogens with one attached hydrogen (secondary N) is 1. The molecule has 1 heterocycles. The Kier molecular flexibility index (Phi) is 4.45. The van der Waals surface area contributed by atoms with E-state index in [1.54, 1.807) is 0 Å². The summed E-state index contributed by atoms with van der Waals surface area (Å²) in [6.07, 6.45) is 8.69. The zero-order valence-corrected chi connectivity index (χ0v) is 11.6. The highest BCUT2D eigenvalue weighted by Crippen LogP contribution is 2.30. The monoisotopic (exact) mass is 247 g/mol. The van der Waals surface area contributed by atoms with Gasteiger partial charge in [-0.25, -0.2) is 4.98 Å². The molecule has 2 unspecified atom stereocenters. The maximum absolute atomic E-state index is 5.94. The van der Waals surface area contributed by atoms with Gasteiger partial charge in [0.05, 0.1) is 5.69 Å². The van der Waals surface area contributed by atoms with Gasteiger partial charge in [0, 0.05) is 12.7 Å². The van der Waals surface area contributed by atoms with Crippen LogP contribution in [0.5, 0.6) is 0 Å². The Morgan fingerprint density at radius 2 is 2.28 bits per heavy atom. The Bertz CT molecular complexity index is 389. The van der Waals surface area contributed by atoms with Gasteiger partial charge in [-0.1, -0.05) is 26.2 Å². The number of nitrogens with zero attached hydrogens (tertiary/aromatic N) is 1. The molecule has 0 aliphatic heterocycles. The first-order valence-electron chi connectivity index (χ1n) is 7.11. The molecule has 100 valence electrons. The molecule has 0 bridgehead atoms. The van der Waals surface area contributed by atoms with E-state index in [0.29, 0.717) is 0 Å². The van der Waals surface area contributed by atoms with Gasteiger partial charge in [-0.3, -0.25) is 0 Å². The maximum Gasteiger partial charge on any atom is 0.149 e. The quantitative estimate of drug-likeness (QED) is 0.854. The second-order valence-electron chi connectivity index (χ2n) is 5.80. The van der Waals surface area contributed by atoms with Crippen LogP contribution in [0.2, 0.25) is 0 Å². The lowest BCUT2D eigenvalue weighted by Gasteiger charge is -2.26. The summed E-state index contributed by atoms with van der Waals surface area (Å²) >= 11 is 0. The fourth-order valence-electron chi connectivity index (χ4n) is 2.96. The topological polar surface area (TPSA) is 50.9 Å². The minimum atomic E-state index is 0.756. The van der Waals surface area contributed by atoms with Crippen LogP contribution in [0, 0.1) is 18.8 Å². The first kappa shape index (κ1) is 13.2. The zero-order valence-electron chi connectivity index (χ0n) is 11.6. The lowest BCUT2D eigenvalue weighted by molar-refractivity contribution is 0.274. The lowest BCUT2D eigenvalue weighted by atomic mass is 9.81. The second-order valence-corrected chi connectivity index (χ2v) is 5.80. The Hall–Kier alpha value is -1.25. The zero-order chi connectivity index (χ0) is 13.0. The third kappa shape index (κ3) is 3.62. The molecule has 1 aliphatic rings. The van der Waals surface area contributed by atoms with Crippen LogP contribution in [0.25, 0.3) is 0 Å². The van der Waals surface area contributed by atoms with E-state index in [4.69, 9.17) is 5.73 Å². The van der Waals surface area contributed by atoms with Crippen molar-refractivity contribution >= 4 is 11.5 Å². The van der Waals surface area contributed by atoms with Gasteiger partial charge in [0.1, 0.15) is 5.82 Å². The SMILES string of the molecule is Cc1cnc(NCCC2CCCC(C)C2)c(N)c1. The minimum Gasteiger partial charge on any atom is -0.396 e. The molecular weight excluding hydrogens is 222 g/mol. The average molecular weight is 247 g/mol. The van der Waals surface area contributed by atoms with Gasteiger partial charge in [0.25, 0.3) is 0 Å². The van der Waals surface area contributed by atoms with Crippen molar-refractivity contribution in [3.8, 4) is 0 Å². The highest BCUT2D eigenvalue weighted by atomic mass is 15.0. The van der Waals surface area contributed by atoms with E-state index in [1.165, 1.54) is 32.1 Å². The number of nitrogen functional groups attached to an aromatic ring is 1. The standard InChI is InChI=1S/C15H25N3/c1-11-4-3-5-13(8-11)6-7-17-15-14(16)9-12(2)10-18-15/h9-11,13H,3-8,16H2,1-2H3,(H,17,18). The largest absolute Gasteiger partial charge is 0.396 e. The molecule has 0 aromatic carbocycles. The third-order valence-electron chi connectivity index (χ3n) is 3.94. The predicted octanol–water partition coefficient (Wildman–Crippen LogP) is 3.60. The van der Waals surface area contributed by atoms with E-state index in [-0.39, 0.29) is 0 Å². The number of aromatic nitrogens is 1. The van der Waals surface area contributed by atoms with Crippen LogP contribution < -0.4 is 11.1 Å². The maximum atomic E-state index is 5.94. The molecule has 1 aromatic rings. The van der Waals surface area contributed by atoms with E-state index in [1.807, 2.05) is 19.2 Å². The molecule has 0 amide bonds. The summed E-state index contributed by atoms with van der Waals surface area (Å²) in [6, 6.07) is 1.97. The van der Waals surface area contributed by atoms with E-state index in [2.05, 4.69) is 17.2 Å². The van der Waals surface area contributed by atoms with Crippen LogP contribution in [-0.4, -0.2) is 11.5 Å². The molecule has 0 radical (unpaired) electrons. The molecular formula is C15H25N3. The molecule has 1 fully saturated rings. The molecule has 2 atom stereocenters. The fourth-order valence-corrected chi connectivity index (χ4v) is 2.96. The smallest absolute Gasteiger partial charge is 0.149 e. The van der Waals surface area contributed by atoms with Gasteiger partial charge >= 0.3 is 0 Å². The van der Waals surface area contributed by atoms with Crippen molar-refractivity contribution in [3.63, 3.8) is 0 Å². The Labute approximate surface area is 110 Å². The molecule has 3 N–H and O–H groups in total. The highest BCUT2D eigenvalue weighted by molar-refractivity contribution is 5.61. The van der Waals surface area contributed by atoms with Gasteiger partial charge in [0.15, 0.2) is 0 Å². The molecule has 3 nitrogen and oxygen atoms in total. The van der Waals surface area contributed by atoms with Crippen LogP contribution >= 0.6 is 0 Å². The highest BCUT2D eigenvalue weighted by Gasteiger charge is 2.18. The molecule has 0 saturated heterocycles. The van der Waals surface area contributed by atoms with Crippen LogP contribution in [0.15, 0.2) is 12.3 Å². The lowest BCUT2D eigenvalue weighted by Crippen LogP contribution is -2.17. The summed E-state index contributed by atoms with van der Waals surface area (Å²) < 4.78 is 0. The summed E-state index contributed by atoms with van der Waals surface area (Å²) in [5.74, 6) is 2.63. The first-order chi connectivity index (χ1) is 8.65. The van der Waals surface area contributed by atoms with Crippen molar-refractivity contribution in [1.29, 1.82) is 0 Å². The Morgan fingerprint density at radius 3 is 3.00 bits per heavy atom. The molecule has 18 heavy (non-hydrogen) atoms. The van der Waals surface area contributed by atoms with E-state index in [0.717, 1.165) is 35.4 Å². The van der Waals surface area contributed by atoms with Crippen LogP contribution in [0.1, 0.15) is 44.6 Å². The summed E-state index contributed by atoms with van der Waals surface area (Å²) in [4.78, 5) is 4.34. The van der Waals surface area contributed by atoms with Crippen molar-refractivity contribution in [2.24, 2.45) is 11.8 Å². The number of aryl methyl sites for hydroxylation is 1. The van der Waals surface area contributed by atoms with Crippen molar-refractivity contribution in [2.75, 3.05) is 17.6 Å². The molecule has 3 heteroatoms. The molecule has 1 saturated carbocycles. The number of pyridine rings is 1. The van der Waals surface area contributed by atoms with Crippen molar-refractivity contribution < 1.29 is 0 Å². The Morgan fingerprint density at radius 1 is 1.44 bits per heavy atom. The summed E-state index contributed by atoms with van der Waals surface area (Å²) in [5, 5.41) is 3.37. The van der Waals surface area contributed by atoms with Crippen LogP contribution in [0.3, 0.4) is 0 Å². The number of hydrogen-bond acceptors (Lipinski definition) is 3. The summed E-state index contributed by atoms with van der Waals surface area (Å²) in [7, 11) is 0. The van der Waals surface area contributed by atoms with E-state index < -0.39 is 0 Å². The van der Waals surface area contributed by atoms with Crippen LogP contribution in [-0.2, 0) is 0 Å². The van der Waals surface area contributed by atoms with E-state index in [9.17, 15) is 0 Å². The van der Waals surface area contributed by atoms with Gasteiger partial charge in [-0.05, 0) is 43.2 Å². The molecule has 1 aliphatic carbocycles. The normalized spacial score (nSPS) is 23.9. The second kappa shape index (κ2) is 6.07. The van der Waals surface area contributed by atoms with Gasteiger partial charge in [-0.2, -0.15) is 0 Å². The van der Waals surface area contributed by atoms with Gasteiger partial charge in [-0.15, -0.1) is 0 Å². The molecule has 1 aromatic heterocycles. The molecule has 0 spiro atoms. The number of anilines is 2. The third-order valence-corrected chi connectivity index (χ3v) is 3.94. The fraction of sp³-hybridized carbons (Fsp3) is 0.667. The number of hydrogen-bond donors (Lipinski definition) is 2. The first-order valence-corrected chi connectivity index (χ1v) is 7.11. The van der Waals surface area contributed by atoms with E-state index >= 15 is 0 Å². The van der Waals surface area contributed by atoms with Gasteiger partial charge in [0.2, 0.25) is 0 Å². The predicted molar refractivity (Wildman–Crippen MR) is 77.6 cm³/mol. The average Bonchev–Trinajstić information content (AvgIpc) is 2.32. The number of rotatable bonds is 4. The van der Waals surface area contributed by atoms with Gasteiger partial charge < -0.3 is 11.1 Å². The number of nitrogens with two attached hydrogens (primary N) is 1. The van der Waals surface area contributed by atoms with Crippen molar-refractivity contribution in [3.05, 3.63) is 17.8 Å². The van der Waals surface area contributed by atoms with Crippen LogP contribution in [0.4, 0.5) is 11.5 Å². The summed E-state index contributed by atoms with van der Waals surface area (Å²) in [5.41, 5.74) is 7.80. The Balaban J connectivity index is 1.77.